The van der Waals surface area contributed by atoms with Gasteiger partial charge >= 0.3 is 0 Å². The van der Waals surface area contributed by atoms with Crippen molar-refractivity contribution in [1.29, 1.82) is 0 Å². The molecule has 0 fully saturated rings. The predicted octanol–water partition coefficient (Wildman–Crippen LogP) is 4.25. The Bertz CT molecular complexity index is 1000. The molecule has 0 saturated heterocycles. The van der Waals surface area contributed by atoms with Crippen LogP contribution in [0.25, 0.3) is 5.69 Å². The van der Waals surface area contributed by atoms with Crippen LogP contribution in [0.15, 0.2) is 47.7 Å². The highest BCUT2D eigenvalue weighted by Crippen LogP contribution is 2.19. The molecule has 0 spiro atoms. The third-order valence-electron chi connectivity index (χ3n) is 4.95. The minimum Gasteiger partial charge on any atom is -0.357 e. The summed E-state index contributed by atoms with van der Waals surface area (Å²) in [5, 5.41) is 12.6. The first kappa shape index (κ1) is 24.9. The molecule has 3 rings (SSSR count). The Kier molecular flexibility index (Phi) is 9.09. The summed E-state index contributed by atoms with van der Waals surface area (Å²) in [5.74, 6) is 1.26. The standard InChI is InChI=1S/C23H33N7.HI/c1-7-24-23(28(5)15-20-16-29(6)27-22(20)17(2)3)25-14-19-10-8-9-11-21(19)30-13-12-18(4)26-30;/h8-13,16-17H,7,14-15H2,1-6H3,(H,24,25);1H. The van der Waals surface area contributed by atoms with E-state index in [2.05, 4.69) is 66.6 Å². The number of nitrogens with zero attached hydrogens (tertiary/aromatic N) is 6. The van der Waals surface area contributed by atoms with E-state index in [-0.39, 0.29) is 24.0 Å². The highest BCUT2D eigenvalue weighted by molar-refractivity contribution is 14.0. The lowest BCUT2D eigenvalue weighted by molar-refractivity contribution is 0.473. The van der Waals surface area contributed by atoms with Gasteiger partial charge in [0.2, 0.25) is 0 Å². The van der Waals surface area contributed by atoms with Crippen LogP contribution in [0, 0.1) is 6.92 Å². The van der Waals surface area contributed by atoms with Crippen molar-refractivity contribution in [2.45, 2.75) is 46.7 Å². The third-order valence-corrected chi connectivity index (χ3v) is 4.95. The highest BCUT2D eigenvalue weighted by atomic mass is 127. The molecule has 168 valence electrons. The molecule has 0 atom stereocenters. The number of rotatable bonds is 7. The maximum absolute atomic E-state index is 4.92. The molecule has 1 aromatic carbocycles. The Morgan fingerprint density at radius 2 is 1.90 bits per heavy atom. The Labute approximate surface area is 202 Å². The van der Waals surface area contributed by atoms with Crippen LogP contribution in [0.1, 0.15) is 49.2 Å². The first-order valence-corrected chi connectivity index (χ1v) is 10.5. The van der Waals surface area contributed by atoms with Crippen molar-refractivity contribution in [2.24, 2.45) is 12.0 Å². The molecule has 0 amide bonds. The maximum Gasteiger partial charge on any atom is 0.194 e. The van der Waals surface area contributed by atoms with E-state index in [0.717, 1.165) is 41.7 Å². The Balaban J connectivity index is 0.00000341. The van der Waals surface area contributed by atoms with E-state index in [9.17, 15) is 0 Å². The first-order valence-electron chi connectivity index (χ1n) is 10.5. The lowest BCUT2D eigenvalue weighted by Gasteiger charge is -2.22. The van der Waals surface area contributed by atoms with Crippen LogP contribution >= 0.6 is 24.0 Å². The van der Waals surface area contributed by atoms with Gasteiger partial charge in [-0.3, -0.25) is 4.68 Å². The molecule has 0 aliphatic heterocycles. The van der Waals surface area contributed by atoms with Gasteiger partial charge in [0.1, 0.15) is 0 Å². The molecular weight excluding hydrogens is 501 g/mol. The second kappa shape index (κ2) is 11.3. The Hall–Kier alpha value is -2.36. The quantitative estimate of drug-likeness (QED) is 0.279. The number of guanidine groups is 1. The Morgan fingerprint density at radius 1 is 1.16 bits per heavy atom. The van der Waals surface area contributed by atoms with Gasteiger partial charge in [-0.25, -0.2) is 9.67 Å². The van der Waals surface area contributed by atoms with Gasteiger partial charge in [0, 0.05) is 45.1 Å². The largest absolute Gasteiger partial charge is 0.357 e. The number of hydrogen-bond acceptors (Lipinski definition) is 3. The van der Waals surface area contributed by atoms with Gasteiger partial charge in [-0.1, -0.05) is 32.0 Å². The fraction of sp³-hybridized carbons (Fsp3) is 0.435. The van der Waals surface area contributed by atoms with Crippen LogP contribution < -0.4 is 5.32 Å². The summed E-state index contributed by atoms with van der Waals surface area (Å²) in [6, 6.07) is 10.3. The van der Waals surface area contributed by atoms with Gasteiger partial charge in [-0.2, -0.15) is 10.2 Å². The van der Waals surface area contributed by atoms with Crippen LogP contribution in [-0.4, -0.2) is 44.0 Å². The zero-order chi connectivity index (χ0) is 21.7. The predicted molar refractivity (Wildman–Crippen MR) is 137 cm³/mol. The van der Waals surface area contributed by atoms with Crippen LogP contribution in [0.2, 0.25) is 0 Å². The van der Waals surface area contributed by atoms with E-state index in [1.807, 2.05) is 47.7 Å². The van der Waals surface area contributed by atoms with Gasteiger partial charge < -0.3 is 10.2 Å². The van der Waals surface area contributed by atoms with Crippen molar-refractivity contribution >= 4 is 29.9 Å². The van der Waals surface area contributed by atoms with E-state index in [0.29, 0.717) is 12.5 Å². The third kappa shape index (κ3) is 6.32. The summed E-state index contributed by atoms with van der Waals surface area (Å²) in [5.41, 5.74) is 5.56. The monoisotopic (exact) mass is 535 g/mol. The second-order valence-electron chi connectivity index (χ2n) is 7.92. The van der Waals surface area contributed by atoms with Gasteiger partial charge in [-0.05, 0) is 37.5 Å². The van der Waals surface area contributed by atoms with Gasteiger partial charge in [0.05, 0.1) is 23.6 Å². The van der Waals surface area contributed by atoms with Crippen molar-refractivity contribution in [3.8, 4) is 5.69 Å². The van der Waals surface area contributed by atoms with Gasteiger partial charge in [0.25, 0.3) is 0 Å². The second-order valence-corrected chi connectivity index (χ2v) is 7.92. The topological polar surface area (TPSA) is 63.3 Å². The number of aromatic nitrogens is 4. The number of aliphatic imine (C=N–C) groups is 1. The maximum atomic E-state index is 4.92. The molecule has 3 aromatic rings. The molecule has 8 heteroatoms. The van der Waals surface area contributed by atoms with Crippen molar-refractivity contribution in [3.63, 3.8) is 0 Å². The Morgan fingerprint density at radius 3 is 2.55 bits per heavy atom. The number of nitrogens with one attached hydrogen (secondary N) is 1. The number of hydrogen-bond donors (Lipinski definition) is 1. The molecular formula is C23H34IN7. The van der Waals surface area contributed by atoms with E-state index < -0.39 is 0 Å². The molecule has 0 bridgehead atoms. The van der Waals surface area contributed by atoms with E-state index >= 15 is 0 Å². The van der Waals surface area contributed by atoms with Crippen molar-refractivity contribution < 1.29 is 0 Å². The fourth-order valence-electron chi connectivity index (χ4n) is 3.54. The summed E-state index contributed by atoms with van der Waals surface area (Å²) >= 11 is 0. The van der Waals surface area contributed by atoms with E-state index in [4.69, 9.17) is 4.99 Å². The summed E-state index contributed by atoms with van der Waals surface area (Å²) in [7, 11) is 4.05. The molecule has 0 aliphatic rings. The van der Waals surface area contributed by atoms with Gasteiger partial charge in [0.15, 0.2) is 5.96 Å². The lowest BCUT2D eigenvalue weighted by atomic mass is 10.1. The molecule has 0 unspecified atom stereocenters. The first-order chi connectivity index (χ1) is 14.4. The minimum absolute atomic E-state index is 0. The minimum atomic E-state index is 0. The molecule has 0 aliphatic carbocycles. The van der Waals surface area contributed by atoms with E-state index in [1.165, 1.54) is 5.56 Å². The zero-order valence-electron chi connectivity index (χ0n) is 19.3. The number of para-hydroxylation sites is 1. The molecule has 2 aromatic heterocycles. The average molecular weight is 535 g/mol. The van der Waals surface area contributed by atoms with Gasteiger partial charge in [-0.15, -0.1) is 24.0 Å². The molecule has 0 saturated carbocycles. The molecule has 2 heterocycles. The highest BCUT2D eigenvalue weighted by Gasteiger charge is 2.15. The SMILES string of the molecule is CCNC(=NCc1ccccc1-n1ccc(C)n1)N(C)Cc1cn(C)nc1C(C)C.I. The van der Waals surface area contributed by atoms with E-state index in [1.54, 1.807) is 0 Å². The van der Waals surface area contributed by atoms with Crippen LogP contribution in [0.3, 0.4) is 0 Å². The van der Waals surface area contributed by atoms with Crippen molar-refractivity contribution in [1.82, 2.24) is 29.8 Å². The van der Waals surface area contributed by atoms with Crippen molar-refractivity contribution in [3.05, 3.63) is 65.2 Å². The summed E-state index contributed by atoms with van der Waals surface area (Å²) in [4.78, 5) is 7.08. The van der Waals surface area contributed by atoms with Crippen molar-refractivity contribution in [2.75, 3.05) is 13.6 Å². The number of benzene rings is 1. The lowest BCUT2D eigenvalue weighted by Crippen LogP contribution is -2.38. The molecule has 7 nitrogen and oxygen atoms in total. The number of aryl methyl sites for hydroxylation is 2. The fourth-order valence-corrected chi connectivity index (χ4v) is 3.54. The van der Waals surface area contributed by atoms with Crippen LogP contribution in [-0.2, 0) is 20.1 Å². The normalized spacial score (nSPS) is 11.5. The summed E-state index contributed by atoms with van der Waals surface area (Å²) < 4.78 is 3.81. The molecule has 31 heavy (non-hydrogen) atoms. The summed E-state index contributed by atoms with van der Waals surface area (Å²) in [6.07, 6.45) is 4.09. The molecule has 0 radical (unpaired) electrons. The average Bonchev–Trinajstić information content (AvgIpc) is 3.30. The number of halogens is 1. The smallest absolute Gasteiger partial charge is 0.194 e. The molecule has 1 N–H and O–H groups in total. The zero-order valence-corrected chi connectivity index (χ0v) is 21.7. The summed E-state index contributed by atoms with van der Waals surface area (Å²) in [6.45, 7) is 10.6. The van der Waals surface area contributed by atoms with Crippen LogP contribution in [0.5, 0.6) is 0 Å². The van der Waals surface area contributed by atoms with Crippen LogP contribution in [0.4, 0.5) is 0 Å².